The van der Waals surface area contributed by atoms with Crippen molar-refractivity contribution in [1.29, 1.82) is 0 Å². The lowest BCUT2D eigenvalue weighted by Crippen LogP contribution is -2.41. The molecule has 1 aliphatic rings. The molecule has 0 spiro atoms. The number of hydrogen-bond donors (Lipinski definition) is 0. The standard InChI is InChI=1S/C32H27F3N2O7S/c1-4-42-24(38)17-44-20-13-10-18(11-14-20)16-23-29(39)37-27(25-21-9-7-6-8-19(21)12-15-22(25)41-3)26(30(40)43-5-2)28(32(33,34)35)36-31(37)45-23/h6-16,27H,4-5,17H2,1-3H3/b23-16-/t27-/m1/s1. The molecule has 3 aromatic carbocycles. The Balaban J connectivity index is 1.72. The number of ether oxygens (including phenoxy) is 4. The monoisotopic (exact) mass is 640 g/mol. The number of carbonyl (C=O) groups excluding carboxylic acids is 2. The summed E-state index contributed by atoms with van der Waals surface area (Å²) in [6, 6.07) is 15.1. The van der Waals surface area contributed by atoms with Crippen molar-refractivity contribution in [3.8, 4) is 11.5 Å². The van der Waals surface area contributed by atoms with Gasteiger partial charge in [-0.1, -0.05) is 53.8 Å². The highest BCUT2D eigenvalue weighted by Crippen LogP contribution is 2.43. The van der Waals surface area contributed by atoms with Crippen molar-refractivity contribution in [3.63, 3.8) is 0 Å². The van der Waals surface area contributed by atoms with Crippen molar-refractivity contribution in [3.05, 3.63) is 103 Å². The molecule has 0 bridgehead atoms. The van der Waals surface area contributed by atoms with Crippen LogP contribution in [0.2, 0.25) is 0 Å². The lowest BCUT2D eigenvalue weighted by Gasteiger charge is -2.28. The van der Waals surface area contributed by atoms with Crippen LogP contribution in [-0.4, -0.2) is 49.6 Å². The number of rotatable bonds is 9. The molecule has 0 saturated heterocycles. The first-order chi connectivity index (χ1) is 21.6. The largest absolute Gasteiger partial charge is 0.496 e. The van der Waals surface area contributed by atoms with Crippen LogP contribution in [0.5, 0.6) is 11.5 Å². The summed E-state index contributed by atoms with van der Waals surface area (Å²) in [6.45, 7) is 2.89. The van der Waals surface area contributed by atoms with E-state index in [0.717, 1.165) is 15.9 Å². The van der Waals surface area contributed by atoms with Gasteiger partial charge < -0.3 is 18.9 Å². The van der Waals surface area contributed by atoms with Crippen LogP contribution in [0, 0.1) is 0 Å². The SMILES string of the molecule is CCOC(=O)COc1ccc(/C=c2\sc3n(c2=O)[C@H](c2c(OC)ccc4ccccc24)C(C(=O)OCC)=C(C(F)(F)F)N=3)cc1. The van der Waals surface area contributed by atoms with Gasteiger partial charge in [-0.3, -0.25) is 9.36 Å². The minimum absolute atomic E-state index is 0.0739. The summed E-state index contributed by atoms with van der Waals surface area (Å²) in [4.78, 5) is 42.5. The zero-order chi connectivity index (χ0) is 32.3. The molecule has 45 heavy (non-hydrogen) atoms. The number of allylic oxidation sites excluding steroid dienone is 1. The van der Waals surface area contributed by atoms with Gasteiger partial charge in [0.2, 0.25) is 0 Å². The normalized spacial score (nSPS) is 15.0. The molecule has 0 unspecified atom stereocenters. The smallest absolute Gasteiger partial charge is 0.434 e. The van der Waals surface area contributed by atoms with Crippen LogP contribution >= 0.6 is 11.3 Å². The van der Waals surface area contributed by atoms with Gasteiger partial charge in [-0.2, -0.15) is 13.2 Å². The van der Waals surface area contributed by atoms with E-state index in [9.17, 15) is 27.6 Å². The molecule has 0 radical (unpaired) electrons. The third-order valence-corrected chi connectivity index (χ3v) is 7.84. The van der Waals surface area contributed by atoms with Crippen molar-refractivity contribution in [1.82, 2.24) is 4.57 Å². The number of thiazole rings is 1. The minimum Gasteiger partial charge on any atom is -0.496 e. The number of esters is 2. The Kier molecular flexibility index (Phi) is 9.09. The van der Waals surface area contributed by atoms with Crippen LogP contribution in [0.25, 0.3) is 16.8 Å². The quantitative estimate of drug-likeness (QED) is 0.249. The Bertz CT molecular complexity index is 1980. The molecule has 0 amide bonds. The first-order valence-corrected chi connectivity index (χ1v) is 14.6. The van der Waals surface area contributed by atoms with Crippen LogP contribution in [0.1, 0.15) is 31.0 Å². The summed E-state index contributed by atoms with van der Waals surface area (Å²) in [5.74, 6) is -1.22. The molecule has 0 aliphatic carbocycles. The van der Waals surface area contributed by atoms with Crippen LogP contribution in [0.3, 0.4) is 0 Å². The fourth-order valence-electron chi connectivity index (χ4n) is 5.01. The number of benzene rings is 3. The zero-order valence-electron chi connectivity index (χ0n) is 24.3. The summed E-state index contributed by atoms with van der Waals surface area (Å²) in [7, 11) is 1.36. The van der Waals surface area contributed by atoms with Crippen molar-refractivity contribution in [2.75, 3.05) is 26.9 Å². The van der Waals surface area contributed by atoms with Crippen molar-refractivity contribution >= 4 is 40.1 Å². The fraction of sp³-hybridized carbons (Fsp3) is 0.250. The molecule has 13 heteroatoms. The van der Waals surface area contributed by atoms with E-state index in [2.05, 4.69) is 4.99 Å². The first kappa shape index (κ1) is 31.5. The van der Waals surface area contributed by atoms with Crippen LogP contribution < -0.4 is 24.4 Å². The summed E-state index contributed by atoms with van der Waals surface area (Å²) in [6.07, 6.45) is -3.55. The van der Waals surface area contributed by atoms with E-state index in [0.29, 0.717) is 22.1 Å². The molecular weight excluding hydrogens is 613 g/mol. The second-order valence-corrected chi connectivity index (χ2v) is 10.6. The summed E-state index contributed by atoms with van der Waals surface area (Å²) >= 11 is 0.754. The highest BCUT2D eigenvalue weighted by molar-refractivity contribution is 7.07. The molecule has 5 rings (SSSR count). The summed E-state index contributed by atoms with van der Waals surface area (Å²) in [5, 5.41) is 1.15. The van der Waals surface area contributed by atoms with Crippen LogP contribution in [0.4, 0.5) is 13.2 Å². The van der Waals surface area contributed by atoms with Gasteiger partial charge in [0.25, 0.3) is 5.56 Å². The number of alkyl halides is 3. The van der Waals surface area contributed by atoms with E-state index in [4.69, 9.17) is 18.9 Å². The first-order valence-electron chi connectivity index (χ1n) is 13.8. The van der Waals surface area contributed by atoms with Crippen LogP contribution in [-0.2, 0) is 19.1 Å². The summed E-state index contributed by atoms with van der Waals surface area (Å²) < 4.78 is 65.9. The molecule has 9 nitrogen and oxygen atoms in total. The maximum absolute atomic E-state index is 14.6. The third kappa shape index (κ3) is 6.34. The van der Waals surface area contributed by atoms with E-state index in [1.807, 2.05) is 0 Å². The molecular formula is C32H27F3N2O7S. The molecule has 0 saturated carbocycles. The highest BCUT2D eigenvalue weighted by Gasteiger charge is 2.46. The molecule has 1 aromatic heterocycles. The Hall–Kier alpha value is -4.91. The Morgan fingerprint density at radius 2 is 1.71 bits per heavy atom. The highest BCUT2D eigenvalue weighted by atomic mass is 32.1. The molecule has 2 heterocycles. The van der Waals surface area contributed by atoms with Crippen molar-refractivity contribution in [2.24, 2.45) is 4.99 Å². The fourth-order valence-corrected chi connectivity index (χ4v) is 6.01. The zero-order valence-corrected chi connectivity index (χ0v) is 25.2. The lowest BCUT2D eigenvalue weighted by atomic mass is 9.90. The molecule has 0 fully saturated rings. The number of fused-ring (bicyclic) bond motifs is 2. The number of aromatic nitrogens is 1. The molecule has 1 aliphatic heterocycles. The third-order valence-electron chi connectivity index (χ3n) is 6.86. The van der Waals surface area contributed by atoms with Crippen molar-refractivity contribution in [2.45, 2.75) is 26.1 Å². The average molecular weight is 641 g/mol. The molecule has 234 valence electrons. The van der Waals surface area contributed by atoms with Crippen LogP contribution in [0.15, 0.2) is 81.7 Å². The predicted molar refractivity (Wildman–Crippen MR) is 160 cm³/mol. The Morgan fingerprint density at radius 1 is 1.00 bits per heavy atom. The average Bonchev–Trinajstić information content (AvgIpc) is 3.33. The van der Waals surface area contributed by atoms with E-state index >= 15 is 0 Å². The van der Waals surface area contributed by atoms with E-state index in [1.165, 1.54) is 20.1 Å². The van der Waals surface area contributed by atoms with E-state index in [1.54, 1.807) is 67.6 Å². The maximum atomic E-state index is 14.6. The number of hydrogen-bond acceptors (Lipinski definition) is 9. The van der Waals surface area contributed by atoms with Gasteiger partial charge >= 0.3 is 18.1 Å². The topological polar surface area (TPSA) is 105 Å². The maximum Gasteiger partial charge on any atom is 0.434 e. The van der Waals surface area contributed by atoms with Gasteiger partial charge in [-0.25, -0.2) is 14.6 Å². The minimum atomic E-state index is -5.05. The number of methoxy groups -OCH3 is 1. The van der Waals surface area contributed by atoms with E-state index in [-0.39, 0.29) is 40.5 Å². The van der Waals surface area contributed by atoms with Gasteiger partial charge in [-0.05, 0) is 54.5 Å². The second kappa shape index (κ2) is 13.0. The number of nitrogens with zero attached hydrogens (tertiary/aromatic N) is 2. The van der Waals surface area contributed by atoms with Gasteiger partial charge in [-0.15, -0.1) is 0 Å². The molecule has 1 atom stereocenters. The number of halogens is 3. The van der Waals surface area contributed by atoms with Gasteiger partial charge in [0.15, 0.2) is 17.1 Å². The second-order valence-electron chi connectivity index (χ2n) is 9.63. The van der Waals surface area contributed by atoms with E-state index < -0.39 is 41.0 Å². The Morgan fingerprint density at radius 3 is 2.38 bits per heavy atom. The number of carbonyl (C=O) groups is 2. The van der Waals surface area contributed by atoms with Gasteiger partial charge in [0.05, 0.1) is 30.4 Å². The van der Waals surface area contributed by atoms with Gasteiger partial charge in [0.1, 0.15) is 17.5 Å². The predicted octanol–water partition coefficient (Wildman–Crippen LogP) is 4.44. The van der Waals surface area contributed by atoms with Crippen molar-refractivity contribution < 1.29 is 41.7 Å². The molecule has 0 N–H and O–H groups in total. The summed E-state index contributed by atoms with van der Waals surface area (Å²) in [5.41, 5.74) is -2.21. The van der Waals surface area contributed by atoms with Gasteiger partial charge in [0, 0.05) is 5.56 Å². The molecule has 4 aromatic rings. The Labute approximate surface area is 258 Å². The lowest BCUT2D eigenvalue weighted by molar-refractivity contribution is -0.145.